The van der Waals surface area contributed by atoms with Gasteiger partial charge in [0.2, 0.25) is 0 Å². The van der Waals surface area contributed by atoms with Crippen molar-refractivity contribution in [1.82, 2.24) is 4.98 Å². The molecular weight excluding hydrogens is 374 g/mol. The van der Waals surface area contributed by atoms with E-state index in [1.807, 2.05) is 18.2 Å². The number of hydrogen-bond donors (Lipinski definition) is 2. The predicted octanol–water partition coefficient (Wildman–Crippen LogP) is 3.90. The molecule has 2 rings (SSSR count). The van der Waals surface area contributed by atoms with E-state index in [0.717, 1.165) is 14.6 Å². The first-order valence-corrected chi connectivity index (χ1v) is 7.09. The molecule has 98 valence electrons. The molecule has 0 aliphatic carbocycles. The van der Waals surface area contributed by atoms with Crippen LogP contribution in [0.2, 0.25) is 0 Å². The maximum absolute atomic E-state index is 12.1. The van der Waals surface area contributed by atoms with Crippen LogP contribution in [0.15, 0.2) is 45.5 Å². The van der Waals surface area contributed by atoms with Gasteiger partial charge in [-0.25, -0.2) is 0 Å². The van der Waals surface area contributed by atoms with Crippen molar-refractivity contribution >= 4 is 49.1 Å². The summed E-state index contributed by atoms with van der Waals surface area (Å²) in [4.78, 5) is 16.2. The van der Waals surface area contributed by atoms with E-state index in [2.05, 4.69) is 47.5 Å². The van der Waals surface area contributed by atoms with Gasteiger partial charge in [-0.3, -0.25) is 9.78 Å². The Morgan fingerprint density at radius 1 is 1.21 bits per heavy atom. The maximum atomic E-state index is 12.1. The van der Waals surface area contributed by atoms with Crippen molar-refractivity contribution in [3.8, 4) is 0 Å². The zero-order valence-corrected chi connectivity index (χ0v) is 13.2. The van der Waals surface area contributed by atoms with Crippen LogP contribution in [0.4, 0.5) is 11.4 Å². The molecule has 1 amide bonds. The molecule has 1 heterocycles. The highest BCUT2D eigenvalue weighted by atomic mass is 79.9. The summed E-state index contributed by atoms with van der Waals surface area (Å²) in [5, 5.41) is 5.79. The molecular formula is C13H11Br2N3O. The van der Waals surface area contributed by atoms with Crippen molar-refractivity contribution in [2.75, 3.05) is 17.7 Å². The molecule has 1 aromatic heterocycles. The number of nitrogens with zero attached hydrogens (tertiary/aromatic N) is 1. The fourth-order valence-electron chi connectivity index (χ4n) is 1.51. The standard InChI is InChI=1S/C13H11Br2N3O/c1-16-8-5-6-17-11(7-8)13(19)18-12-9(14)3-2-4-10(12)15/h2-7H,1H3,(H,16,17)(H,18,19). The molecule has 0 radical (unpaired) electrons. The molecule has 0 fully saturated rings. The number of nitrogens with one attached hydrogen (secondary N) is 2. The maximum Gasteiger partial charge on any atom is 0.274 e. The van der Waals surface area contributed by atoms with Gasteiger partial charge in [0.15, 0.2) is 0 Å². The van der Waals surface area contributed by atoms with Crippen LogP contribution >= 0.6 is 31.9 Å². The summed E-state index contributed by atoms with van der Waals surface area (Å²) < 4.78 is 1.61. The van der Waals surface area contributed by atoms with E-state index in [4.69, 9.17) is 0 Å². The van der Waals surface area contributed by atoms with Crippen molar-refractivity contribution in [3.05, 3.63) is 51.2 Å². The van der Waals surface area contributed by atoms with Crippen LogP contribution in [0.1, 0.15) is 10.5 Å². The predicted molar refractivity (Wildman–Crippen MR) is 83.6 cm³/mol. The average Bonchev–Trinajstić information content (AvgIpc) is 2.43. The highest BCUT2D eigenvalue weighted by molar-refractivity contribution is 9.11. The van der Waals surface area contributed by atoms with Gasteiger partial charge in [-0.15, -0.1) is 0 Å². The lowest BCUT2D eigenvalue weighted by Gasteiger charge is -2.09. The normalized spacial score (nSPS) is 10.1. The summed E-state index contributed by atoms with van der Waals surface area (Å²) in [6.45, 7) is 0. The van der Waals surface area contributed by atoms with Crippen molar-refractivity contribution in [1.29, 1.82) is 0 Å². The molecule has 0 atom stereocenters. The molecule has 0 aliphatic heterocycles. The minimum Gasteiger partial charge on any atom is -0.388 e. The molecule has 0 saturated carbocycles. The summed E-state index contributed by atoms with van der Waals surface area (Å²) in [6.07, 6.45) is 1.59. The smallest absolute Gasteiger partial charge is 0.274 e. The molecule has 4 nitrogen and oxygen atoms in total. The second-order valence-electron chi connectivity index (χ2n) is 3.73. The molecule has 0 bridgehead atoms. The fourth-order valence-corrected chi connectivity index (χ4v) is 2.70. The van der Waals surface area contributed by atoms with Crippen molar-refractivity contribution in [2.45, 2.75) is 0 Å². The monoisotopic (exact) mass is 383 g/mol. The molecule has 2 aromatic rings. The van der Waals surface area contributed by atoms with Crippen LogP contribution in [0.25, 0.3) is 0 Å². The summed E-state index contributed by atoms with van der Waals surface area (Å²) in [5.74, 6) is -0.260. The number of hydrogen-bond acceptors (Lipinski definition) is 3. The molecule has 0 spiro atoms. The van der Waals surface area contributed by atoms with E-state index < -0.39 is 0 Å². The lowest BCUT2D eigenvalue weighted by molar-refractivity contribution is 0.102. The van der Waals surface area contributed by atoms with E-state index in [1.165, 1.54) is 0 Å². The number of para-hydroxylation sites is 1. The van der Waals surface area contributed by atoms with Crippen LogP contribution in [0.5, 0.6) is 0 Å². The number of carbonyl (C=O) groups is 1. The highest BCUT2D eigenvalue weighted by Crippen LogP contribution is 2.30. The molecule has 1 aromatic carbocycles. The van der Waals surface area contributed by atoms with Gasteiger partial charge in [0, 0.05) is 27.9 Å². The Morgan fingerprint density at radius 3 is 2.53 bits per heavy atom. The van der Waals surface area contributed by atoms with Crippen LogP contribution in [-0.4, -0.2) is 17.9 Å². The van der Waals surface area contributed by atoms with Crippen LogP contribution in [0.3, 0.4) is 0 Å². The summed E-state index contributed by atoms with van der Waals surface area (Å²) in [6, 6.07) is 9.09. The number of rotatable bonds is 3. The number of carbonyl (C=O) groups excluding carboxylic acids is 1. The van der Waals surface area contributed by atoms with Gasteiger partial charge in [0.05, 0.1) is 5.69 Å². The summed E-state index contributed by atoms with van der Waals surface area (Å²) in [7, 11) is 1.79. The third-order valence-electron chi connectivity index (χ3n) is 2.48. The quantitative estimate of drug-likeness (QED) is 0.843. The van der Waals surface area contributed by atoms with Gasteiger partial charge < -0.3 is 10.6 Å². The number of aromatic nitrogens is 1. The molecule has 0 aliphatic rings. The topological polar surface area (TPSA) is 54.0 Å². The van der Waals surface area contributed by atoms with Gasteiger partial charge in [0.25, 0.3) is 5.91 Å². The van der Waals surface area contributed by atoms with E-state index in [0.29, 0.717) is 11.4 Å². The number of amides is 1. The molecule has 0 unspecified atom stereocenters. The highest BCUT2D eigenvalue weighted by Gasteiger charge is 2.12. The minimum atomic E-state index is -0.260. The third kappa shape index (κ3) is 3.33. The van der Waals surface area contributed by atoms with Crippen molar-refractivity contribution in [2.24, 2.45) is 0 Å². The average molecular weight is 385 g/mol. The first kappa shape index (κ1) is 14.0. The zero-order valence-electron chi connectivity index (χ0n) is 10.1. The molecule has 6 heteroatoms. The van der Waals surface area contributed by atoms with Gasteiger partial charge in [-0.2, -0.15) is 0 Å². The van der Waals surface area contributed by atoms with Gasteiger partial charge in [-0.05, 0) is 56.1 Å². The van der Waals surface area contributed by atoms with Crippen molar-refractivity contribution < 1.29 is 4.79 Å². The van der Waals surface area contributed by atoms with Crippen LogP contribution in [-0.2, 0) is 0 Å². The molecule has 2 N–H and O–H groups in total. The Hall–Kier alpha value is -1.40. The van der Waals surface area contributed by atoms with E-state index in [1.54, 1.807) is 25.4 Å². The first-order chi connectivity index (χ1) is 9.11. The second-order valence-corrected chi connectivity index (χ2v) is 5.44. The minimum absolute atomic E-state index is 0.260. The molecule has 19 heavy (non-hydrogen) atoms. The summed E-state index contributed by atoms with van der Waals surface area (Å²) >= 11 is 6.80. The van der Waals surface area contributed by atoms with Crippen LogP contribution < -0.4 is 10.6 Å². The Bertz CT molecular complexity index is 596. The van der Waals surface area contributed by atoms with Gasteiger partial charge >= 0.3 is 0 Å². The third-order valence-corrected chi connectivity index (χ3v) is 3.80. The van der Waals surface area contributed by atoms with Gasteiger partial charge in [0.1, 0.15) is 5.69 Å². The first-order valence-electron chi connectivity index (χ1n) is 5.51. The van der Waals surface area contributed by atoms with E-state index in [9.17, 15) is 4.79 Å². The number of anilines is 2. The Morgan fingerprint density at radius 2 is 1.89 bits per heavy atom. The lowest BCUT2D eigenvalue weighted by Crippen LogP contribution is -2.14. The fraction of sp³-hybridized carbons (Fsp3) is 0.0769. The lowest BCUT2D eigenvalue weighted by atomic mass is 10.2. The number of benzene rings is 1. The summed E-state index contributed by atoms with van der Waals surface area (Å²) in [5.41, 5.74) is 1.88. The molecule has 0 saturated heterocycles. The number of pyridine rings is 1. The van der Waals surface area contributed by atoms with E-state index >= 15 is 0 Å². The van der Waals surface area contributed by atoms with E-state index in [-0.39, 0.29) is 5.91 Å². The number of halogens is 2. The SMILES string of the molecule is CNc1ccnc(C(=O)Nc2c(Br)cccc2Br)c1. The Kier molecular flexibility index (Phi) is 4.55. The van der Waals surface area contributed by atoms with Crippen LogP contribution in [0, 0.1) is 0 Å². The Balaban J connectivity index is 2.25. The Labute approximate surface area is 127 Å². The van der Waals surface area contributed by atoms with Gasteiger partial charge in [-0.1, -0.05) is 6.07 Å². The van der Waals surface area contributed by atoms with Crippen molar-refractivity contribution in [3.63, 3.8) is 0 Å². The zero-order chi connectivity index (χ0) is 13.8. The largest absolute Gasteiger partial charge is 0.388 e. The second kappa shape index (κ2) is 6.16.